The molecule has 0 N–H and O–H groups in total. The highest BCUT2D eigenvalue weighted by Crippen LogP contribution is 2.31. The maximum Gasteiger partial charge on any atom is 0.263 e. The number of aromatic nitrogens is 9. The zero-order valence-electron chi connectivity index (χ0n) is 29.1. The van der Waals surface area contributed by atoms with E-state index in [0.29, 0.717) is 34.1 Å². The summed E-state index contributed by atoms with van der Waals surface area (Å²) in [5, 5.41) is 10.3. The van der Waals surface area contributed by atoms with Gasteiger partial charge < -0.3 is 0 Å². The summed E-state index contributed by atoms with van der Waals surface area (Å²) in [5.74, 6) is -1.46. The number of benzene rings is 4. The smallest absolute Gasteiger partial charge is 0.263 e. The van der Waals surface area contributed by atoms with Crippen molar-refractivity contribution < 1.29 is 8.78 Å². The Morgan fingerprint density at radius 1 is 0.611 bits per heavy atom. The molecule has 0 aliphatic rings. The number of hydrogen-bond acceptors (Lipinski definition) is 7. The number of hydrogen-bond donors (Lipinski definition) is 0. The zero-order valence-corrected chi connectivity index (χ0v) is 29.1. The van der Waals surface area contributed by atoms with Crippen LogP contribution in [0.4, 0.5) is 8.78 Å². The molecule has 0 atom stereocenters. The van der Waals surface area contributed by atoms with Crippen molar-refractivity contribution >= 4 is 32.8 Å². The number of halogens is 2. The van der Waals surface area contributed by atoms with Gasteiger partial charge in [0.1, 0.15) is 18.0 Å². The van der Waals surface area contributed by atoms with Crippen LogP contribution in [-0.4, -0.2) is 43.6 Å². The standard InChI is InChI=1S/C22H15F2N5O.C19H16N4O/c1-28-10-16-14(4-2-6-20(16)27-28)13-8-18(23)17(19(24)9-13)11-29-12-26-21-15(22(29)30)5-3-7-25-21;1-22-12-16(10-21-22)15-8-6-14(7-9-15)11-23-13-20-18-5-3-2-4-17(18)19(23)24/h2-10,12H,11H2,1H3;2-10,12-13H,11H2,1H3. The van der Waals surface area contributed by atoms with Crippen LogP contribution in [0.15, 0.2) is 138 Å². The average Bonchev–Trinajstić information content (AvgIpc) is 3.80. The summed E-state index contributed by atoms with van der Waals surface area (Å²) in [5.41, 5.74) is 5.46. The van der Waals surface area contributed by atoms with Crippen molar-refractivity contribution in [3.05, 3.63) is 172 Å². The summed E-state index contributed by atoms with van der Waals surface area (Å²) in [6.45, 7) is 0.232. The van der Waals surface area contributed by atoms with E-state index in [4.69, 9.17) is 0 Å². The van der Waals surface area contributed by atoms with Crippen molar-refractivity contribution in [1.82, 2.24) is 43.6 Å². The van der Waals surface area contributed by atoms with E-state index in [1.54, 1.807) is 51.6 Å². The molecule has 0 saturated carbocycles. The molecule has 9 aromatic rings. The Labute approximate surface area is 306 Å². The van der Waals surface area contributed by atoms with Gasteiger partial charge in [-0.15, -0.1) is 0 Å². The van der Waals surface area contributed by atoms with Crippen LogP contribution in [0, 0.1) is 11.6 Å². The lowest BCUT2D eigenvalue weighted by Crippen LogP contribution is -2.22. The van der Waals surface area contributed by atoms with Crippen molar-refractivity contribution in [3.8, 4) is 22.3 Å². The maximum atomic E-state index is 14.9. The van der Waals surface area contributed by atoms with E-state index in [1.165, 1.54) is 29.2 Å². The lowest BCUT2D eigenvalue weighted by molar-refractivity contribution is 0.541. The van der Waals surface area contributed by atoms with Gasteiger partial charge in [0.05, 0.1) is 47.4 Å². The predicted octanol–water partition coefficient (Wildman–Crippen LogP) is 6.52. The van der Waals surface area contributed by atoms with Crippen LogP contribution in [0.25, 0.3) is 55.1 Å². The highest BCUT2D eigenvalue weighted by Gasteiger charge is 2.16. The third kappa shape index (κ3) is 6.65. The fraction of sp³-hybridized carbons (Fsp3) is 0.0976. The maximum absolute atomic E-state index is 14.9. The molecule has 5 heterocycles. The molecule has 0 fully saturated rings. The Morgan fingerprint density at radius 3 is 2.09 bits per heavy atom. The molecule has 0 aliphatic heterocycles. The Balaban J connectivity index is 0.000000157. The van der Waals surface area contributed by atoms with Crippen LogP contribution in [0.1, 0.15) is 11.1 Å². The third-order valence-electron chi connectivity index (χ3n) is 9.12. The molecule has 0 bridgehead atoms. The number of pyridine rings is 1. The molecule has 0 spiro atoms. The number of para-hydroxylation sites is 1. The van der Waals surface area contributed by atoms with Crippen molar-refractivity contribution in [3.63, 3.8) is 0 Å². The minimum Gasteiger partial charge on any atom is -0.294 e. The number of nitrogens with zero attached hydrogens (tertiary/aromatic N) is 9. The summed E-state index contributed by atoms with van der Waals surface area (Å²) < 4.78 is 36.1. The van der Waals surface area contributed by atoms with Crippen LogP contribution in [-0.2, 0) is 27.2 Å². The van der Waals surface area contributed by atoms with Gasteiger partial charge in [0.2, 0.25) is 0 Å². The van der Waals surface area contributed by atoms with E-state index >= 15 is 0 Å². The first kappa shape index (κ1) is 34.0. The normalized spacial score (nSPS) is 11.3. The lowest BCUT2D eigenvalue weighted by atomic mass is 10.00. The van der Waals surface area contributed by atoms with Gasteiger partial charge in [0.25, 0.3) is 11.1 Å². The molecule has 5 aromatic heterocycles. The van der Waals surface area contributed by atoms with Crippen LogP contribution in [0.5, 0.6) is 0 Å². The molecule has 13 heteroatoms. The molecule has 11 nitrogen and oxygen atoms in total. The highest BCUT2D eigenvalue weighted by molar-refractivity contribution is 5.94. The molecule has 4 aromatic carbocycles. The van der Waals surface area contributed by atoms with E-state index in [9.17, 15) is 18.4 Å². The molecule has 266 valence electrons. The van der Waals surface area contributed by atoms with Gasteiger partial charge in [0, 0.05) is 49.2 Å². The van der Waals surface area contributed by atoms with E-state index in [0.717, 1.165) is 33.1 Å². The summed E-state index contributed by atoms with van der Waals surface area (Å²) in [6, 6.07) is 26.8. The molecular formula is C41H31F2N9O2. The van der Waals surface area contributed by atoms with Crippen molar-refractivity contribution in [2.45, 2.75) is 13.1 Å². The fourth-order valence-corrected chi connectivity index (χ4v) is 6.39. The molecule has 0 saturated heterocycles. The van der Waals surface area contributed by atoms with Crippen molar-refractivity contribution in [2.24, 2.45) is 14.1 Å². The van der Waals surface area contributed by atoms with Gasteiger partial charge in [-0.05, 0) is 64.7 Å². The third-order valence-corrected chi connectivity index (χ3v) is 9.12. The molecule has 0 radical (unpaired) electrons. The first-order chi connectivity index (χ1) is 26.2. The molecule has 0 aliphatic carbocycles. The van der Waals surface area contributed by atoms with Crippen LogP contribution < -0.4 is 11.1 Å². The molecule has 0 amide bonds. The lowest BCUT2D eigenvalue weighted by Gasteiger charge is -2.11. The van der Waals surface area contributed by atoms with E-state index in [-0.39, 0.29) is 17.7 Å². The van der Waals surface area contributed by atoms with Gasteiger partial charge in [0.15, 0.2) is 5.65 Å². The van der Waals surface area contributed by atoms with Gasteiger partial charge >= 0.3 is 0 Å². The number of rotatable bonds is 6. The van der Waals surface area contributed by atoms with E-state index in [1.807, 2.05) is 80.2 Å². The number of fused-ring (bicyclic) bond motifs is 3. The second-order valence-corrected chi connectivity index (χ2v) is 12.8. The quantitative estimate of drug-likeness (QED) is 0.192. The molecular weight excluding hydrogens is 689 g/mol. The molecule has 9 rings (SSSR count). The Kier molecular flexibility index (Phi) is 8.87. The van der Waals surface area contributed by atoms with Crippen LogP contribution in [0.3, 0.4) is 0 Å². The second kappa shape index (κ2) is 14.1. The fourth-order valence-electron chi connectivity index (χ4n) is 6.39. The van der Waals surface area contributed by atoms with Crippen molar-refractivity contribution in [1.29, 1.82) is 0 Å². The first-order valence-corrected chi connectivity index (χ1v) is 16.9. The number of aryl methyl sites for hydroxylation is 2. The SMILES string of the molecule is Cn1cc(-c2ccc(Cn3cnc4ccccc4c3=O)cc2)cn1.Cn1cc2c(-c3cc(F)c(Cn4cnc5ncccc5c4=O)c(F)c3)cccc2n1. The summed E-state index contributed by atoms with van der Waals surface area (Å²) in [6.07, 6.45) is 10.0. The van der Waals surface area contributed by atoms with Gasteiger partial charge in [-0.25, -0.2) is 23.7 Å². The highest BCUT2D eigenvalue weighted by atomic mass is 19.1. The minimum atomic E-state index is -0.732. The van der Waals surface area contributed by atoms with Gasteiger partial charge in [-0.2, -0.15) is 10.2 Å². The Morgan fingerprint density at radius 2 is 1.31 bits per heavy atom. The second-order valence-electron chi connectivity index (χ2n) is 12.8. The Hall–Kier alpha value is -7.15. The molecule has 54 heavy (non-hydrogen) atoms. The predicted molar refractivity (Wildman–Crippen MR) is 203 cm³/mol. The summed E-state index contributed by atoms with van der Waals surface area (Å²) in [7, 11) is 3.69. The van der Waals surface area contributed by atoms with Crippen LogP contribution >= 0.6 is 0 Å². The monoisotopic (exact) mass is 719 g/mol. The van der Waals surface area contributed by atoms with Crippen LogP contribution in [0.2, 0.25) is 0 Å². The average molecular weight is 720 g/mol. The Bertz CT molecular complexity index is 2920. The summed E-state index contributed by atoms with van der Waals surface area (Å²) >= 11 is 0. The zero-order chi connectivity index (χ0) is 37.3. The van der Waals surface area contributed by atoms with Gasteiger partial charge in [-0.3, -0.25) is 28.1 Å². The van der Waals surface area contributed by atoms with Gasteiger partial charge in [-0.1, -0.05) is 48.5 Å². The largest absolute Gasteiger partial charge is 0.294 e. The molecule has 0 unspecified atom stereocenters. The minimum absolute atomic E-state index is 0.0167. The first-order valence-electron chi connectivity index (χ1n) is 16.9. The summed E-state index contributed by atoms with van der Waals surface area (Å²) in [4.78, 5) is 37.6. The topological polar surface area (TPSA) is 118 Å². The van der Waals surface area contributed by atoms with E-state index < -0.39 is 17.2 Å². The van der Waals surface area contributed by atoms with E-state index in [2.05, 4.69) is 25.1 Å². The van der Waals surface area contributed by atoms with Crippen molar-refractivity contribution in [2.75, 3.05) is 0 Å².